The van der Waals surface area contributed by atoms with Crippen LogP contribution in [-0.4, -0.2) is 68.5 Å². The van der Waals surface area contributed by atoms with E-state index >= 15 is 0 Å². The average molecular weight is 504 g/mol. The lowest BCUT2D eigenvalue weighted by molar-refractivity contribution is -0.133. The first kappa shape index (κ1) is 25.5. The third-order valence-corrected chi connectivity index (χ3v) is 7.30. The zero-order valence-corrected chi connectivity index (χ0v) is 21.9. The molecule has 1 amide bonds. The van der Waals surface area contributed by atoms with E-state index in [1.54, 1.807) is 7.11 Å². The van der Waals surface area contributed by atoms with Gasteiger partial charge >= 0.3 is 0 Å². The summed E-state index contributed by atoms with van der Waals surface area (Å²) >= 11 is 0. The fourth-order valence-corrected chi connectivity index (χ4v) is 5.13. The molecule has 1 atom stereocenters. The van der Waals surface area contributed by atoms with Crippen LogP contribution in [0.15, 0.2) is 48.5 Å². The maximum Gasteiger partial charge on any atom is 0.223 e. The predicted molar refractivity (Wildman–Crippen MR) is 145 cm³/mol. The lowest BCUT2D eigenvalue weighted by Crippen LogP contribution is -2.40. The second-order valence-corrected chi connectivity index (χ2v) is 10.0. The largest absolute Gasteiger partial charge is 0.497 e. The number of fused-ring (bicyclic) bond motifs is 1. The number of aryl methyl sites for hydroxylation is 2. The molecule has 1 aromatic heterocycles. The normalized spacial score (nSPS) is 17.8. The molecule has 37 heavy (non-hydrogen) atoms. The van der Waals surface area contributed by atoms with Crippen molar-refractivity contribution in [2.75, 3.05) is 51.5 Å². The van der Waals surface area contributed by atoms with Gasteiger partial charge in [0.25, 0.3) is 0 Å². The number of hydrogen-bond acceptors (Lipinski definition) is 6. The Morgan fingerprint density at radius 1 is 1.11 bits per heavy atom. The molecule has 2 fully saturated rings. The third-order valence-electron chi connectivity index (χ3n) is 7.30. The molecule has 0 unspecified atom stereocenters. The van der Waals surface area contributed by atoms with Gasteiger partial charge in [-0.3, -0.25) is 4.79 Å². The molecule has 5 rings (SSSR count). The number of carbonyl (C=O) groups is 1. The Balaban J connectivity index is 1.43. The quantitative estimate of drug-likeness (QED) is 0.428. The monoisotopic (exact) mass is 503 g/mol. The van der Waals surface area contributed by atoms with Crippen molar-refractivity contribution in [3.63, 3.8) is 0 Å². The van der Waals surface area contributed by atoms with Crippen molar-refractivity contribution in [3.05, 3.63) is 65.2 Å². The molecule has 0 aliphatic carbocycles. The Bertz CT molecular complexity index is 1200. The minimum absolute atomic E-state index is 0.0906. The molecule has 0 bridgehead atoms. The Morgan fingerprint density at radius 3 is 2.65 bits per heavy atom. The highest BCUT2D eigenvalue weighted by Crippen LogP contribution is 2.29. The fraction of sp³-hybridized carbons (Fsp3) is 0.467. The van der Waals surface area contributed by atoms with Crippen molar-refractivity contribution in [2.24, 2.45) is 0 Å². The van der Waals surface area contributed by atoms with E-state index in [0.29, 0.717) is 32.7 Å². The van der Waals surface area contributed by atoms with E-state index in [2.05, 4.69) is 42.2 Å². The first-order valence-electron chi connectivity index (χ1n) is 13.3. The number of pyridine rings is 1. The number of amides is 1. The predicted octanol–water partition coefficient (Wildman–Crippen LogP) is 4.53. The summed E-state index contributed by atoms with van der Waals surface area (Å²) < 4.78 is 17.0. The van der Waals surface area contributed by atoms with Gasteiger partial charge in [0, 0.05) is 56.2 Å². The van der Waals surface area contributed by atoms with Gasteiger partial charge < -0.3 is 24.0 Å². The summed E-state index contributed by atoms with van der Waals surface area (Å²) in [6.07, 6.45) is 3.34. The van der Waals surface area contributed by atoms with Crippen molar-refractivity contribution < 1.29 is 19.0 Å². The number of ether oxygens (including phenoxy) is 3. The van der Waals surface area contributed by atoms with Gasteiger partial charge in [0.2, 0.25) is 5.91 Å². The van der Waals surface area contributed by atoms with Crippen LogP contribution >= 0.6 is 0 Å². The number of rotatable bonds is 9. The summed E-state index contributed by atoms with van der Waals surface area (Å²) in [5.41, 5.74) is 4.36. The van der Waals surface area contributed by atoms with Crippen LogP contribution in [0.5, 0.6) is 5.75 Å². The van der Waals surface area contributed by atoms with Crippen molar-refractivity contribution >= 4 is 22.6 Å². The van der Waals surface area contributed by atoms with Gasteiger partial charge in [-0.1, -0.05) is 29.8 Å². The van der Waals surface area contributed by atoms with Crippen LogP contribution in [0.2, 0.25) is 0 Å². The molecule has 0 N–H and O–H groups in total. The molecule has 3 aromatic rings. The van der Waals surface area contributed by atoms with E-state index in [0.717, 1.165) is 67.0 Å². The van der Waals surface area contributed by atoms with Crippen molar-refractivity contribution in [1.82, 2.24) is 9.88 Å². The highest BCUT2D eigenvalue weighted by atomic mass is 16.5. The van der Waals surface area contributed by atoms with Crippen LogP contribution in [0, 0.1) is 6.92 Å². The second-order valence-electron chi connectivity index (χ2n) is 10.0. The molecule has 0 radical (unpaired) electrons. The van der Waals surface area contributed by atoms with Gasteiger partial charge in [-0.2, -0.15) is 0 Å². The molecule has 2 aliphatic heterocycles. The van der Waals surface area contributed by atoms with Crippen LogP contribution in [0.1, 0.15) is 36.0 Å². The smallest absolute Gasteiger partial charge is 0.223 e. The molecule has 7 nitrogen and oxygen atoms in total. The number of aromatic nitrogens is 1. The van der Waals surface area contributed by atoms with Gasteiger partial charge in [-0.05, 0) is 49.9 Å². The minimum atomic E-state index is 0.0906. The van der Waals surface area contributed by atoms with E-state index in [9.17, 15) is 4.79 Å². The minimum Gasteiger partial charge on any atom is -0.497 e. The second kappa shape index (κ2) is 11.9. The van der Waals surface area contributed by atoms with Gasteiger partial charge in [0.1, 0.15) is 11.6 Å². The molecule has 196 valence electrons. The number of benzene rings is 2. The molecule has 2 aromatic carbocycles. The Labute approximate surface area is 219 Å². The first-order chi connectivity index (χ1) is 18.1. The maximum absolute atomic E-state index is 13.6. The zero-order valence-electron chi connectivity index (χ0n) is 21.9. The van der Waals surface area contributed by atoms with E-state index < -0.39 is 0 Å². The first-order valence-corrected chi connectivity index (χ1v) is 13.3. The fourth-order valence-electron chi connectivity index (χ4n) is 5.13. The van der Waals surface area contributed by atoms with Crippen LogP contribution < -0.4 is 9.64 Å². The standard InChI is InChI=1S/C30H37N3O4/c1-22-5-7-23(8-6-22)9-12-29(34)33(21-27-4-3-15-37-27)20-25-18-24-10-11-26(35-2)19-28(24)31-30(25)32-13-16-36-17-14-32/h5-8,10-11,18-19,27H,3-4,9,12-17,20-21H2,1-2H3/t27-/m1/s1. The SMILES string of the molecule is COc1ccc2cc(CN(C[C@H]3CCCO3)C(=O)CCc3ccc(C)cc3)c(N3CCOCC3)nc2c1. The van der Waals surface area contributed by atoms with E-state index in [4.69, 9.17) is 19.2 Å². The molecule has 0 spiro atoms. The van der Waals surface area contributed by atoms with E-state index in [1.807, 2.05) is 23.1 Å². The summed E-state index contributed by atoms with van der Waals surface area (Å²) in [6.45, 7) is 6.88. The van der Waals surface area contributed by atoms with Crippen molar-refractivity contribution in [1.29, 1.82) is 0 Å². The average Bonchev–Trinajstić information content (AvgIpc) is 3.45. The van der Waals surface area contributed by atoms with Crippen LogP contribution in [-0.2, 0) is 27.2 Å². The number of methoxy groups -OCH3 is 1. The van der Waals surface area contributed by atoms with Gasteiger partial charge in [0.05, 0.1) is 31.9 Å². The van der Waals surface area contributed by atoms with E-state index in [1.165, 1.54) is 11.1 Å². The van der Waals surface area contributed by atoms with Crippen LogP contribution in [0.3, 0.4) is 0 Å². The summed E-state index contributed by atoms with van der Waals surface area (Å²) in [4.78, 5) is 22.9. The lowest BCUT2D eigenvalue weighted by Gasteiger charge is -2.32. The summed E-state index contributed by atoms with van der Waals surface area (Å²) in [5, 5.41) is 1.04. The summed E-state index contributed by atoms with van der Waals surface area (Å²) in [5.74, 6) is 1.86. The molecule has 7 heteroatoms. The number of nitrogens with zero attached hydrogens (tertiary/aromatic N) is 3. The molecular formula is C30H37N3O4. The highest BCUT2D eigenvalue weighted by Gasteiger charge is 2.25. The van der Waals surface area contributed by atoms with Gasteiger partial charge in [-0.25, -0.2) is 4.98 Å². The van der Waals surface area contributed by atoms with E-state index in [-0.39, 0.29) is 12.0 Å². The van der Waals surface area contributed by atoms with Gasteiger partial charge in [0.15, 0.2) is 0 Å². The molecular weight excluding hydrogens is 466 g/mol. The maximum atomic E-state index is 13.6. The Kier molecular flexibility index (Phi) is 8.21. The number of hydrogen-bond donors (Lipinski definition) is 0. The van der Waals surface area contributed by atoms with Crippen LogP contribution in [0.25, 0.3) is 10.9 Å². The molecule has 0 saturated carbocycles. The summed E-state index contributed by atoms with van der Waals surface area (Å²) in [6, 6.07) is 16.6. The topological polar surface area (TPSA) is 64.1 Å². The molecule has 3 heterocycles. The zero-order chi connectivity index (χ0) is 25.6. The number of carbonyl (C=O) groups excluding carboxylic acids is 1. The van der Waals surface area contributed by atoms with Crippen LogP contribution in [0.4, 0.5) is 5.82 Å². The highest BCUT2D eigenvalue weighted by molar-refractivity contribution is 5.84. The Hall–Kier alpha value is -3.16. The van der Waals surface area contributed by atoms with Gasteiger partial charge in [-0.15, -0.1) is 0 Å². The summed E-state index contributed by atoms with van der Waals surface area (Å²) in [7, 11) is 1.67. The lowest BCUT2D eigenvalue weighted by atomic mass is 10.1. The number of anilines is 1. The third kappa shape index (κ3) is 6.40. The Morgan fingerprint density at radius 2 is 1.92 bits per heavy atom. The molecule has 2 aliphatic rings. The van der Waals surface area contributed by atoms with Crippen molar-refractivity contribution in [3.8, 4) is 5.75 Å². The molecule has 2 saturated heterocycles. The number of morpholine rings is 1. The van der Waals surface area contributed by atoms with Crippen molar-refractivity contribution in [2.45, 2.75) is 45.3 Å².